The minimum Gasteiger partial charge on any atom is -0.444 e. The molecular formula is C33H41N3O4S. The smallest absolute Gasteiger partial charge is 0.408 e. The number of amides is 3. The molecule has 2 atom stereocenters. The van der Waals surface area contributed by atoms with Gasteiger partial charge in [0.2, 0.25) is 5.91 Å². The number of aryl methyl sites for hydroxylation is 2. The van der Waals surface area contributed by atoms with Crippen LogP contribution in [-0.2, 0) is 14.3 Å². The molecule has 0 aliphatic heterocycles. The number of benzene rings is 3. The van der Waals surface area contributed by atoms with Crippen molar-refractivity contribution >= 4 is 46.1 Å². The molecule has 3 rings (SSSR count). The van der Waals surface area contributed by atoms with E-state index in [0.717, 1.165) is 27.5 Å². The Morgan fingerprint density at radius 1 is 1.00 bits per heavy atom. The maximum atomic E-state index is 14.2. The molecule has 0 saturated carbocycles. The van der Waals surface area contributed by atoms with E-state index in [0.29, 0.717) is 17.9 Å². The summed E-state index contributed by atoms with van der Waals surface area (Å²) in [6.45, 7) is 13.1. The molecule has 0 spiro atoms. The number of alkyl carbamates (subject to hydrolysis) is 1. The quantitative estimate of drug-likeness (QED) is 0.246. The molecule has 0 aliphatic rings. The largest absolute Gasteiger partial charge is 0.444 e. The summed E-state index contributed by atoms with van der Waals surface area (Å²) in [5, 5.41) is 7.86. The number of hydrogen-bond acceptors (Lipinski definition) is 5. The van der Waals surface area contributed by atoms with Crippen LogP contribution < -0.4 is 10.6 Å². The second-order valence-electron chi connectivity index (χ2n) is 11.0. The first-order valence-corrected chi connectivity index (χ1v) is 15.1. The van der Waals surface area contributed by atoms with Crippen molar-refractivity contribution in [2.75, 3.05) is 23.9 Å². The molecule has 0 aromatic heterocycles. The van der Waals surface area contributed by atoms with E-state index in [2.05, 4.69) is 17.2 Å². The number of nitrogens with zero attached hydrogens (tertiary/aromatic N) is 1. The normalized spacial score (nSPS) is 12.7. The summed E-state index contributed by atoms with van der Waals surface area (Å²) in [5.74, 6) is -0.106. The summed E-state index contributed by atoms with van der Waals surface area (Å²) in [6.07, 6.45) is 3.23. The lowest BCUT2D eigenvalue weighted by atomic mass is 9.93. The minimum atomic E-state index is -0.967. The minimum absolute atomic E-state index is 0.105. The van der Waals surface area contributed by atoms with Gasteiger partial charge < -0.3 is 20.3 Å². The van der Waals surface area contributed by atoms with Crippen molar-refractivity contribution in [3.63, 3.8) is 0 Å². The lowest BCUT2D eigenvalue weighted by Gasteiger charge is -2.35. The van der Waals surface area contributed by atoms with Crippen molar-refractivity contribution in [1.82, 2.24) is 10.2 Å². The first-order valence-electron chi connectivity index (χ1n) is 13.7. The van der Waals surface area contributed by atoms with E-state index in [1.54, 1.807) is 38.6 Å². The van der Waals surface area contributed by atoms with Crippen LogP contribution in [0.4, 0.5) is 10.5 Å². The van der Waals surface area contributed by atoms with E-state index in [4.69, 9.17) is 4.74 Å². The maximum absolute atomic E-state index is 14.2. The van der Waals surface area contributed by atoms with Crippen LogP contribution in [0.3, 0.4) is 0 Å². The zero-order chi connectivity index (χ0) is 30.2. The molecule has 8 heteroatoms. The van der Waals surface area contributed by atoms with Crippen LogP contribution in [0.1, 0.15) is 49.9 Å². The molecule has 3 aromatic carbocycles. The van der Waals surface area contributed by atoms with Crippen LogP contribution in [0.25, 0.3) is 10.8 Å². The number of hydrogen-bond donors (Lipinski definition) is 2. The Morgan fingerprint density at radius 2 is 1.66 bits per heavy atom. The monoisotopic (exact) mass is 575 g/mol. The summed E-state index contributed by atoms with van der Waals surface area (Å²) in [7, 11) is 0. The molecule has 0 saturated heterocycles. The van der Waals surface area contributed by atoms with Crippen LogP contribution in [-0.4, -0.2) is 53.0 Å². The SMILES string of the molecule is C=CCN(C(=O)C(CCSC)NC(=O)OC(C)(C)C)C(C(=O)Nc1ccc2ccccc2c1)c1c(C)cccc1C. The van der Waals surface area contributed by atoms with Gasteiger partial charge in [-0.05, 0) is 92.6 Å². The average molecular weight is 576 g/mol. The van der Waals surface area contributed by atoms with Gasteiger partial charge in [-0.25, -0.2) is 4.79 Å². The Morgan fingerprint density at radius 3 is 2.27 bits per heavy atom. The van der Waals surface area contributed by atoms with Gasteiger partial charge >= 0.3 is 6.09 Å². The van der Waals surface area contributed by atoms with Crippen molar-refractivity contribution in [2.45, 2.75) is 58.7 Å². The van der Waals surface area contributed by atoms with Gasteiger partial charge in [0.05, 0.1) is 0 Å². The molecule has 0 heterocycles. The Kier molecular flexibility index (Phi) is 11.0. The van der Waals surface area contributed by atoms with Crippen LogP contribution >= 0.6 is 11.8 Å². The molecule has 2 unspecified atom stereocenters. The van der Waals surface area contributed by atoms with Crippen LogP contribution in [0, 0.1) is 13.8 Å². The lowest BCUT2D eigenvalue weighted by Crippen LogP contribution is -2.52. The van der Waals surface area contributed by atoms with Gasteiger partial charge in [0.15, 0.2) is 0 Å². The predicted molar refractivity (Wildman–Crippen MR) is 169 cm³/mol. The molecule has 0 bridgehead atoms. The van der Waals surface area contributed by atoms with Crippen LogP contribution in [0.15, 0.2) is 73.3 Å². The number of nitrogens with one attached hydrogen (secondary N) is 2. The molecular weight excluding hydrogens is 534 g/mol. The summed E-state index contributed by atoms with van der Waals surface area (Å²) < 4.78 is 5.46. The van der Waals surface area contributed by atoms with E-state index in [1.165, 1.54) is 4.90 Å². The lowest BCUT2D eigenvalue weighted by molar-refractivity contribution is -0.140. The third kappa shape index (κ3) is 8.60. The van der Waals surface area contributed by atoms with Crippen molar-refractivity contribution in [2.24, 2.45) is 0 Å². The first kappa shape index (κ1) is 31.7. The highest BCUT2D eigenvalue weighted by atomic mass is 32.2. The topological polar surface area (TPSA) is 87.7 Å². The fraction of sp³-hybridized carbons (Fsp3) is 0.364. The highest BCUT2D eigenvalue weighted by Gasteiger charge is 2.37. The summed E-state index contributed by atoms with van der Waals surface area (Å²) >= 11 is 1.57. The summed E-state index contributed by atoms with van der Waals surface area (Å²) in [5.41, 5.74) is 2.40. The average Bonchev–Trinajstić information content (AvgIpc) is 2.90. The van der Waals surface area contributed by atoms with E-state index >= 15 is 0 Å². The molecule has 0 radical (unpaired) electrons. The van der Waals surface area contributed by atoms with Crippen molar-refractivity contribution in [1.29, 1.82) is 0 Å². The molecule has 3 amide bonds. The van der Waals surface area contributed by atoms with Gasteiger partial charge in [0.25, 0.3) is 5.91 Å². The third-order valence-electron chi connectivity index (χ3n) is 6.60. The van der Waals surface area contributed by atoms with Gasteiger partial charge in [0, 0.05) is 12.2 Å². The van der Waals surface area contributed by atoms with Gasteiger partial charge in [-0.2, -0.15) is 11.8 Å². The van der Waals surface area contributed by atoms with Crippen LogP contribution in [0.5, 0.6) is 0 Å². The molecule has 7 nitrogen and oxygen atoms in total. The highest BCUT2D eigenvalue weighted by molar-refractivity contribution is 7.98. The van der Waals surface area contributed by atoms with E-state index in [9.17, 15) is 14.4 Å². The summed E-state index contributed by atoms with van der Waals surface area (Å²) in [6, 6.07) is 17.6. The van der Waals surface area contributed by atoms with E-state index in [1.807, 2.05) is 80.8 Å². The van der Waals surface area contributed by atoms with E-state index < -0.39 is 23.8 Å². The Hall–Kier alpha value is -3.78. The Balaban J connectivity index is 2.05. The molecule has 218 valence electrons. The Bertz CT molecular complexity index is 1380. The van der Waals surface area contributed by atoms with E-state index in [-0.39, 0.29) is 18.4 Å². The van der Waals surface area contributed by atoms with Gasteiger partial charge in [-0.15, -0.1) is 6.58 Å². The molecule has 2 N–H and O–H groups in total. The fourth-order valence-corrected chi connectivity index (χ4v) is 5.24. The highest BCUT2D eigenvalue weighted by Crippen LogP contribution is 2.30. The fourth-order valence-electron chi connectivity index (χ4n) is 4.77. The second-order valence-corrected chi connectivity index (χ2v) is 12.0. The van der Waals surface area contributed by atoms with Gasteiger partial charge in [-0.3, -0.25) is 9.59 Å². The van der Waals surface area contributed by atoms with Gasteiger partial charge in [0.1, 0.15) is 17.7 Å². The van der Waals surface area contributed by atoms with Crippen molar-refractivity contribution in [3.05, 3.63) is 90.0 Å². The van der Waals surface area contributed by atoms with Gasteiger partial charge in [-0.1, -0.05) is 54.6 Å². The Labute approximate surface area is 247 Å². The predicted octanol–water partition coefficient (Wildman–Crippen LogP) is 6.80. The number of ether oxygens (including phenoxy) is 1. The zero-order valence-corrected chi connectivity index (χ0v) is 25.6. The maximum Gasteiger partial charge on any atom is 0.408 e. The third-order valence-corrected chi connectivity index (χ3v) is 7.25. The van der Waals surface area contributed by atoms with Crippen molar-refractivity contribution in [3.8, 4) is 0 Å². The summed E-state index contributed by atoms with van der Waals surface area (Å²) in [4.78, 5) is 42.6. The number of carbonyl (C=O) groups excluding carboxylic acids is 3. The number of thioether (sulfide) groups is 1. The number of carbonyl (C=O) groups is 3. The molecule has 0 fully saturated rings. The number of rotatable bonds is 11. The molecule has 0 aliphatic carbocycles. The first-order chi connectivity index (χ1) is 19.4. The second kappa shape index (κ2) is 14.2. The number of fused-ring (bicyclic) bond motifs is 1. The zero-order valence-electron chi connectivity index (χ0n) is 24.8. The standard InChI is InChI=1S/C33H41N3O4S/c1-8-19-36(31(38)27(18-20-41-7)35-32(39)40-33(4,5)6)29(28-22(2)12-11-13-23(28)3)30(37)34-26-17-16-24-14-9-10-15-25(24)21-26/h8-17,21,27,29H,1,18-20H2,2-7H3,(H,34,37)(H,35,39). The van der Waals surface area contributed by atoms with Crippen molar-refractivity contribution < 1.29 is 19.1 Å². The van der Waals surface area contributed by atoms with Crippen LogP contribution in [0.2, 0.25) is 0 Å². The molecule has 3 aromatic rings. The number of anilines is 1. The molecule has 41 heavy (non-hydrogen) atoms.